The van der Waals surface area contributed by atoms with Gasteiger partial charge in [0.05, 0.1) is 10.8 Å². The van der Waals surface area contributed by atoms with Crippen molar-refractivity contribution < 1.29 is 27.3 Å². The van der Waals surface area contributed by atoms with Crippen molar-refractivity contribution in [2.45, 2.75) is 58.0 Å². The lowest BCUT2D eigenvalue weighted by Gasteiger charge is -2.20. The molecule has 180 valence electrons. The number of amides is 1. The van der Waals surface area contributed by atoms with E-state index in [0.717, 1.165) is 0 Å². The number of carbonyl (C=O) groups excluding carboxylic acids is 2. The number of nitrogens with zero attached hydrogens (tertiary/aromatic N) is 4. The van der Waals surface area contributed by atoms with Crippen LogP contribution in [0.25, 0.3) is 0 Å². The van der Waals surface area contributed by atoms with Crippen LogP contribution >= 0.6 is 0 Å². The quantitative estimate of drug-likeness (QED) is 0.530. The maximum absolute atomic E-state index is 12.6. The van der Waals surface area contributed by atoms with Gasteiger partial charge in [-0.3, -0.25) is 9.59 Å². The molecule has 33 heavy (non-hydrogen) atoms. The van der Waals surface area contributed by atoms with Crippen LogP contribution < -0.4 is 4.90 Å². The van der Waals surface area contributed by atoms with Gasteiger partial charge >= 0.3 is 5.97 Å². The van der Waals surface area contributed by atoms with Gasteiger partial charge < -0.3 is 14.2 Å². The molecule has 1 atom stereocenters. The highest BCUT2D eigenvalue weighted by Gasteiger charge is 2.36. The number of aromatic nitrogens is 2. The lowest BCUT2D eigenvalue weighted by Crippen LogP contribution is -2.30. The topological polar surface area (TPSA) is 123 Å². The molecule has 0 spiro atoms. The lowest BCUT2D eigenvalue weighted by atomic mass is 9.96. The van der Waals surface area contributed by atoms with Gasteiger partial charge in [0.1, 0.15) is 0 Å². The van der Waals surface area contributed by atoms with Crippen LogP contribution in [-0.2, 0) is 36.4 Å². The van der Waals surface area contributed by atoms with Crippen LogP contribution in [0, 0.1) is 5.92 Å². The number of ether oxygens (including phenoxy) is 1. The Morgan fingerprint density at radius 1 is 1.21 bits per heavy atom. The average molecular weight is 479 g/mol. The van der Waals surface area contributed by atoms with Crippen LogP contribution in [0.1, 0.15) is 52.8 Å². The number of carbonyl (C=O) groups is 2. The van der Waals surface area contributed by atoms with Gasteiger partial charge in [-0.25, -0.2) is 8.42 Å². The number of benzene rings is 1. The van der Waals surface area contributed by atoms with Crippen LogP contribution in [0.3, 0.4) is 0 Å². The van der Waals surface area contributed by atoms with Gasteiger partial charge in [0.25, 0.3) is 5.89 Å². The Kier molecular flexibility index (Phi) is 7.23. The predicted molar refractivity (Wildman–Crippen MR) is 120 cm³/mol. The molecule has 2 aromatic rings. The zero-order valence-corrected chi connectivity index (χ0v) is 20.4. The highest BCUT2D eigenvalue weighted by Crippen LogP contribution is 2.28. The minimum absolute atomic E-state index is 0.00933. The van der Waals surface area contributed by atoms with Crippen molar-refractivity contribution in [3.63, 3.8) is 0 Å². The number of hydrogen-bond donors (Lipinski definition) is 0. The Morgan fingerprint density at radius 2 is 1.85 bits per heavy atom. The molecule has 1 aliphatic heterocycles. The van der Waals surface area contributed by atoms with Gasteiger partial charge in [0, 0.05) is 37.2 Å². The molecule has 1 aliphatic rings. The number of esters is 1. The number of hydrogen-bond acceptors (Lipinski definition) is 8. The van der Waals surface area contributed by atoms with E-state index in [1.807, 2.05) is 20.8 Å². The van der Waals surface area contributed by atoms with E-state index in [2.05, 4.69) is 10.1 Å². The maximum Gasteiger partial charge on any atom is 0.311 e. The third-order valence-electron chi connectivity index (χ3n) is 5.43. The van der Waals surface area contributed by atoms with Crippen molar-refractivity contribution in [2.24, 2.45) is 5.92 Å². The molecule has 11 heteroatoms. The highest BCUT2D eigenvalue weighted by atomic mass is 32.2. The Labute approximate surface area is 193 Å². The maximum atomic E-state index is 12.6. The van der Waals surface area contributed by atoms with Crippen LogP contribution in [-0.4, -0.2) is 54.4 Å². The second-order valence-corrected chi connectivity index (χ2v) is 10.8. The van der Waals surface area contributed by atoms with Crippen LogP contribution in [0.2, 0.25) is 0 Å². The fourth-order valence-electron chi connectivity index (χ4n) is 3.49. The summed E-state index contributed by atoms with van der Waals surface area (Å²) in [6, 6.07) is 6.11. The normalized spacial score (nSPS) is 17.1. The Morgan fingerprint density at radius 3 is 2.39 bits per heavy atom. The van der Waals surface area contributed by atoms with Crippen molar-refractivity contribution in [3.8, 4) is 0 Å². The third-order valence-corrected chi connectivity index (χ3v) is 7.49. The van der Waals surface area contributed by atoms with E-state index >= 15 is 0 Å². The van der Waals surface area contributed by atoms with E-state index in [4.69, 9.17) is 9.26 Å². The van der Waals surface area contributed by atoms with Gasteiger partial charge in [-0.1, -0.05) is 39.8 Å². The van der Waals surface area contributed by atoms with E-state index in [9.17, 15) is 18.0 Å². The zero-order valence-electron chi connectivity index (χ0n) is 19.6. The van der Waals surface area contributed by atoms with Crippen LogP contribution in [0.5, 0.6) is 0 Å². The largest absolute Gasteiger partial charge is 0.455 e. The first-order valence-electron chi connectivity index (χ1n) is 10.9. The smallest absolute Gasteiger partial charge is 0.311 e. The summed E-state index contributed by atoms with van der Waals surface area (Å²) in [5.41, 5.74) is 0.241. The molecule has 10 nitrogen and oxygen atoms in total. The second-order valence-electron chi connectivity index (χ2n) is 8.86. The summed E-state index contributed by atoms with van der Waals surface area (Å²) in [6.45, 7) is 10.1. The fourth-order valence-corrected chi connectivity index (χ4v) is 4.95. The van der Waals surface area contributed by atoms with E-state index in [-0.39, 0.29) is 41.7 Å². The minimum Gasteiger partial charge on any atom is -0.455 e. The molecule has 2 heterocycles. The van der Waals surface area contributed by atoms with Crippen LogP contribution in [0.4, 0.5) is 5.69 Å². The summed E-state index contributed by atoms with van der Waals surface area (Å²) in [4.78, 5) is 30.9. The SMILES string of the molecule is CCN(CC)S(=O)(=O)c1ccc(N2CC(C(=O)OCc3nc(C(C)(C)C)no3)CC2=O)cc1. The molecule has 1 fully saturated rings. The monoisotopic (exact) mass is 478 g/mol. The molecule has 0 N–H and O–H groups in total. The average Bonchev–Trinajstić information content (AvgIpc) is 3.40. The molecular formula is C22H30N4O6S. The van der Waals surface area contributed by atoms with Gasteiger partial charge in [-0.05, 0) is 24.3 Å². The first kappa shape index (κ1) is 24.8. The van der Waals surface area contributed by atoms with Gasteiger partial charge in [0.15, 0.2) is 12.4 Å². The number of anilines is 1. The van der Waals surface area contributed by atoms with E-state index in [1.54, 1.807) is 26.0 Å². The molecule has 3 rings (SSSR count). The Bertz CT molecular complexity index is 1100. The first-order valence-corrected chi connectivity index (χ1v) is 12.3. The molecule has 0 bridgehead atoms. The summed E-state index contributed by atoms with van der Waals surface area (Å²) in [7, 11) is -3.58. The number of sulfonamides is 1. The molecule has 1 aromatic heterocycles. The first-order chi connectivity index (χ1) is 15.5. The van der Waals surface area contributed by atoms with Crippen molar-refractivity contribution in [2.75, 3.05) is 24.5 Å². The van der Waals surface area contributed by atoms with Gasteiger partial charge in [0.2, 0.25) is 15.9 Å². The highest BCUT2D eigenvalue weighted by molar-refractivity contribution is 7.89. The van der Waals surface area contributed by atoms with E-state index in [1.165, 1.54) is 21.3 Å². The van der Waals surface area contributed by atoms with E-state index in [0.29, 0.717) is 24.6 Å². The van der Waals surface area contributed by atoms with Gasteiger partial charge in [-0.15, -0.1) is 0 Å². The van der Waals surface area contributed by atoms with Crippen molar-refractivity contribution in [1.82, 2.24) is 14.4 Å². The Balaban J connectivity index is 1.63. The minimum atomic E-state index is -3.58. The molecule has 0 aliphatic carbocycles. The molecule has 1 saturated heterocycles. The molecular weight excluding hydrogens is 448 g/mol. The van der Waals surface area contributed by atoms with Gasteiger partial charge in [-0.2, -0.15) is 9.29 Å². The summed E-state index contributed by atoms with van der Waals surface area (Å²) >= 11 is 0. The lowest BCUT2D eigenvalue weighted by molar-refractivity contribution is -0.150. The van der Waals surface area contributed by atoms with Crippen LogP contribution in [0.15, 0.2) is 33.7 Å². The Hall–Kier alpha value is -2.79. The predicted octanol–water partition coefficient (Wildman–Crippen LogP) is 2.49. The summed E-state index contributed by atoms with van der Waals surface area (Å²) in [6.07, 6.45) is 0.00933. The molecule has 1 unspecified atom stereocenters. The molecule has 0 radical (unpaired) electrons. The molecule has 0 saturated carbocycles. The standard InChI is InChI=1S/C22H30N4O6S/c1-6-25(7-2)33(29,30)17-10-8-16(9-11-17)26-13-15(12-19(26)27)20(28)31-14-18-23-21(24-32-18)22(3,4)5/h8-11,15H,6-7,12-14H2,1-5H3. The third kappa shape index (κ3) is 5.41. The molecule has 1 amide bonds. The second kappa shape index (κ2) is 9.60. The summed E-state index contributed by atoms with van der Waals surface area (Å²) in [5, 5.41) is 3.89. The van der Waals surface area contributed by atoms with Crippen molar-refractivity contribution in [3.05, 3.63) is 36.0 Å². The zero-order chi connectivity index (χ0) is 24.4. The van der Waals surface area contributed by atoms with Crippen molar-refractivity contribution >= 4 is 27.6 Å². The number of rotatable bonds is 8. The van der Waals surface area contributed by atoms with E-state index < -0.39 is 21.9 Å². The summed E-state index contributed by atoms with van der Waals surface area (Å²) < 4.78 is 37.1. The van der Waals surface area contributed by atoms with Crippen molar-refractivity contribution in [1.29, 1.82) is 0 Å². The molecule has 1 aromatic carbocycles. The summed E-state index contributed by atoms with van der Waals surface area (Å²) in [5.74, 6) is -0.686. The fraction of sp³-hybridized carbons (Fsp3) is 0.545.